The highest BCUT2D eigenvalue weighted by molar-refractivity contribution is 7.18. The molecule has 1 amide bonds. The Morgan fingerprint density at radius 2 is 2.06 bits per heavy atom. The first-order valence-corrected chi connectivity index (χ1v) is 11.2. The lowest BCUT2D eigenvalue weighted by atomic mass is 10.0. The SMILES string of the molecule is Cc1cc2ncc(N[C@@H](C)c3ccc(C4CC4)c(NC(=O)c4cccnc4)c3)nc2s1. The van der Waals surface area contributed by atoms with E-state index in [9.17, 15) is 4.79 Å². The van der Waals surface area contributed by atoms with Gasteiger partial charge in [-0.05, 0) is 68.0 Å². The number of rotatable bonds is 6. The van der Waals surface area contributed by atoms with E-state index >= 15 is 0 Å². The van der Waals surface area contributed by atoms with Crippen LogP contribution in [0, 0.1) is 6.92 Å². The van der Waals surface area contributed by atoms with Crippen molar-refractivity contribution in [2.75, 3.05) is 10.6 Å². The molecule has 3 heterocycles. The Labute approximate surface area is 184 Å². The maximum absolute atomic E-state index is 12.7. The van der Waals surface area contributed by atoms with Gasteiger partial charge in [0, 0.05) is 23.0 Å². The molecule has 0 aliphatic heterocycles. The maximum atomic E-state index is 12.7. The van der Waals surface area contributed by atoms with Crippen LogP contribution in [0.1, 0.15) is 58.1 Å². The van der Waals surface area contributed by atoms with Crippen LogP contribution in [0.25, 0.3) is 10.3 Å². The summed E-state index contributed by atoms with van der Waals surface area (Å²) in [4.78, 5) is 28.1. The van der Waals surface area contributed by atoms with E-state index in [1.165, 1.54) is 23.3 Å². The monoisotopic (exact) mass is 429 g/mol. The van der Waals surface area contributed by atoms with Crippen LogP contribution >= 0.6 is 11.3 Å². The number of amides is 1. The molecule has 0 unspecified atom stereocenters. The molecule has 0 radical (unpaired) electrons. The van der Waals surface area contributed by atoms with Crippen LogP contribution in [-0.4, -0.2) is 20.9 Å². The molecule has 1 saturated carbocycles. The van der Waals surface area contributed by atoms with Crippen molar-refractivity contribution in [1.82, 2.24) is 15.0 Å². The Hall–Kier alpha value is -3.32. The number of hydrogen-bond donors (Lipinski definition) is 2. The fraction of sp³-hybridized carbons (Fsp3) is 0.250. The molecule has 1 atom stereocenters. The van der Waals surface area contributed by atoms with Crippen molar-refractivity contribution < 1.29 is 4.79 Å². The van der Waals surface area contributed by atoms with Gasteiger partial charge in [-0.2, -0.15) is 0 Å². The lowest BCUT2D eigenvalue weighted by molar-refractivity contribution is 0.102. The van der Waals surface area contributed by atoms with Crippen LogP contribution in [0.4, 0.5) is 11.5 Å². The molecule has 0 saturated heterocycles. The largest absolute Gasteiger partial charge is 0.362 e. The van der Waals surface area contributed by atoms with Gasteiger partial charge in [0.15, 0.2) is 0 Å². The highest BCUT2D eigenvalue weighted by Gasteiger charge is 2.27. The van der Waals surface area contributed by atoms with E-state index in [2.05, 4.69) is 52.6 Å². The number of carbonyl (C=O) groups excluding carboxylic acids is 1. The number of benzene rings is 1. The predicted molar refractivity (Wildman–Crippen MR) is 125 cm³/mol. The van der Waals surface area contributed by atoms with Gasteiger partial charge in [-0.15, -0.1) is 11.3 Å². The van der Waals surface area contributed by atoms with Crippen LogP contribution < -0.4 is 10.6 Å². The second-order valence-electron chi connectivity index (χ2n) is 7.99. The van der Waals surface area contributed by atoms with Crippen molar-refractivity contribution in [2.45, 2.75) is 38.6 Å². The molecule has 0 spiro atoms. The Balaban J connectivity index is 1.39. The summed E-state index contributed by atoms with van der Waals surface area (Å²) in [6, 6.07) is 11.9. The second-order valence-corrected chi connectivity index (χ2v) is 9.22. The van der Waals surface area contributed by atoms with Gasteiger partial charge in [-0.25, -0.2) is 9.97 Å². The van der Waals surface area contributed by atoms with Crippen LogP contribution in [0.15, 0.2) is 55.0 Å². The summed E-state index contributed by atoms with van der Waals surface area (Å²) in [5, 5.41) is 6.55. The number of aromatic nitrogens is 3. The van der Waals surface area contributed by atoms with E-state index in [-0.39, 0.29) is 11.9 Å². The molecule has 31 heavy (non-hydrogen) atoms. The van der Waals surface area contributed by atoms with E-state index in [0.29, 0.717) is 11.5 Å². The van der Waals surface area contributed by atoms with Gasteiger partial charge >= 0.3 is 0 Å². The van der Waals surface area contributed by atoms with Crippen molar-refractivity contribution >= 4 is 39.1 Å². The van der Waals surface area contributed by atoms with Crippen molar-refractivity contribution in [3.05, 3.63) is 76.6 Å². The van der Waals surface area contributed by atoms with E-state index in [1.807, 2.05) is 6.07 Å². The normalized spacial score (nSPS) is 14.4. The predicted octanol–water partition coefficient (Wildman–Crippen LogP) is 5.70. The molecule has 1 aliphatic carbocycles. The minimum Gasteiger partial charge on any atom is -0.362 e. The third-order valence-corrected chi connectivity index (χ3v) is 6.43. The Kier molecular flexibility index (Phi) is 5.11. The first-order valence-electron chi connectivity index (χ1n) is 10.4. The Morgan fingerprint density at radius 3 is 2.84 bits per heavy atom. The summed E-state index contributed by atoms with van der Waals surface area (Å²) in [6.45, 7) is 4.15. The molecule has 4 aromatic rings. The number of nitrogens with one attached hydrogen (secondary N) is 2. The average molecular weight is 430 g/mol. The van der Waals surface area contributed by atoms with E-state index in [4.69, 9.17) is 4.98 Å². The van der Waals surface area contributed by atoms with E-state index < -0.39 is 0 Å². The summed E-state index contributed by atoms with van der Waals surface area (Å²) < 4.78 is 0. The number of pyridine rings is 1. The molecule has 1 aromatic carbocycles. The van der Waals surface area contributed by atoms with Gasteiger partial charge in [0.05, 0.1) is 17.8 Å². The summed E-state index contributed by atoms with van der Waals surface area (Å²) in [5.74, 6) is 1.13. The first kappa shape index (κ1) is 19.6. The van der Waals surface area contributed by atoms with Crippen molar-refractivity contribution in [3.8, 4) is 0 Å². The van der Waals surface area contributed by atoms with Gasteiger partial charge in [-0.3, -0.25) is 9.78 Å². The first-order chi connectivity index (χ1) is 15.1. The molecule has 1 aliphatic rings. The van der Waals surface area contributed by atoms with Gasteiger partial charge in [-0.1, -0.05) is 12.1 Å². The van der Waals surface area contributed by atoms with Crippen LogP contribution in [0.3, 0.4) is 0 Å². The fourth-order valence-electron chi connectivity index (χ4n) is 3.70. The zero-order chi connectivity index (χ0) is 21.4. The third-order valence-electron chi connectivity index (χ3n) is 5.50. The maximum Gasteiger partial charge on any atom is 0.257 e. The fourth-order valence-corrected chi connectivity index (χ4v) is 4.53. The number of thiophene rings is 1. The zero-order valence-corrected chi connectivity index (χ0v) is 18.2. The minimum atomic E-state index is -0.142. The van der Waals surface area contributed by atoms with Gasteiger partial charge in [0.1, 0.15) is 16.2 Å². The Bertz CT molecular complexity index is 1250. The second kappa shape index (κ2) is 8.07. The number of carbonyl (C=O) groups is 1. The highest BCUT2D eigenvalue weighted by Crippen LogP contribution is 2.44. The highest BCUT2D eigenvalue weighted by atomic mass is 32.1. The zero-order valence-electron chi connectivity index (χ0n) is 17.4. The van der Waals surface area contributed by atoms with Crippen LogP contribution in [0.5, 0.6) is 0 Å². The molecule has 0 bridgehead atoms. The summed E-state index contributed by atoms with van der Waals surface area (Å²) in [7, 11) is 0. The molecular weight excluding hydrogens is 406 g/mol. The number of hydrogen-bond acceptors (Lipinski definition) is 6. The smallest absolute Gasteiger partial charge is 0.257 e. The lowest BCUT2D eigenvalue weighted by Crippen LogP contribution is -2.15. The quantitative estimate of drug-likeness (QED) is 0.411. The van der Waals surface area contributed by atoms with Crippen molar-refractivity contribution in [2.24, 2.45) is 0 Å². The minimum absolute atomic E-state index is 0.00936. The molecule has 156 valence electrons. The molecule has 3 aromatic heterocycles. The molecule has 2 N–H and O–H groups in total. The van der Waals surface area contributed by atoms with Crippen LogP contribution in [0.2, 0.25) is 0 Å². The number of fused-ring (bicyclic) bond motifs is 1. The Morgan fingerprint density at radius 1 is 1.19 bits per heavy atom. The molecular formula is C24H23N5OS. The number of aryl methyl sites for hydroxylation is 1. The molecule has 1 fully saturated rings. The molecule has 5 rings (SSSR count). The number of nitrogens with zero attached hydrogens (tertiary/aromatic N) is 3. The van der Waals surface area contributed by atoms with E-state index in [1.54, 1.807) is 42.1 Å². The molecule has 6 nitrogen and oxygen atoms in total. The molecule has 7 heteroatoms. The summed E-state index contributed by atoms with van der Waals surface area (Å²) in [5.41, 5.74) is 4.63. The van der Waals surface area contributed by atoms with Gasteiger partial charge in [0.25, 0.3) is 5.91 Å². The van der Waals surface area contributed by atoms with E-state index in [0.717, 1.165) is 27.4 Å². The standard InChI is InChI=1S/C24H23N5OS/c1-14-10-21-24(31-14)29-22(13-26-21)27-15(2)17-7-8-19(16-5-6-16)20(11-17)28-23(30)18-4-3-9-25-12-18/h3-4,7-13,15-16H,5-6H2,1-2H3,(H,27,29)(H,28,30)/t15-/m0/s1. The van der Waals surface area contributed by atoms with Crippen LogP contribution in [-0.2, 0) is 0 Å². The average Bonchev–Trinajstić information content (AvgIpc) is 3.55. The van der Waals surface area contributed by atoms with Gasteiger partial charge < -0.3 is 10.6 Å². The summed E-state index contributed by atoms with van der Waals surface area (Å²) >= 11 is 1.64. The summed E-state index contributed by atoms with van der Waals surface area (Å²) in [6.07, 6.45) is 7.35. The van der Waals surface area contributed by atoms with Crippen molar-refractivity contribution in [3.63, 3.8) is 0 Å². The topological polar surface area (TPSA) is 79.8 Å². The third kappa shape index (κ3) is 4.27. The number of anilines is 2. The van der Waals surface area contributed by atoms with Crippen molar-refractivity contribution in [1.29, 1.82) is 0 Å². The van der Waals surface area contributed by atoms with Gasteiger partial charge in [0.2, 0.25) is 0 Å². The lowest BCUT2D eigenvalue weighted by Gasteiger charge is -2.18.